The van der Waals surface area contributed by atoms with Gasteiger partial charge in [-0.05, 0) is 64.1 Å². The fourth-order valence-corrected chi connectivity index (χ4v) is 6.20. The summed E-state index contributed by atoms with van der Waals surface area (Å²) in [6, 6.07) is 38.9. The Kier molecular flexibility index (Phi) is 8.40. The summed E-state index contributed by atoms with van der Waals surface area (Å²) in [4.78, 5) is 18.2. The Morgan fingerprint density at radius 2 is 1.00 bits per heavy atom. The highest BCUT2D eigenvalue weighted by Gasteiger charge is 2.46. The minimum atomic E-state index is -1.21. The summed E-state index contributed by atoms with van der Waals surface area (Å²) < 4.78 is 0. The molecule has 43 heavy (non-hydrogen) atoms. The van der Waals surface area contributed by atoms with Crippen molar-refractivity contribution in [2.45, 2.75) is 50.2 Å². The van der Waals surface area contributed by atoms with Gasteiger partial charge in [0.25, 0.3) is 0 Å². The van der Waals surface area contributed by atoms with Gasteiger partial charge in [0.15, 0.2) is 0 Å². The number of hydrogen-bond acceptors (Lipinski definition) is 4. The lowest BCUT2D eigenvalue weighted by molar-refractivity contribution is -0.0408. The Bertz CT molecular complexity index is 1680. The molecule has 5 aromatic carbocycles. The normalized spacial score (nSPS) is 20.7. The van der Waals surface area contributed by atoms with E-state index in [2.05, 4.69) is 12.1 Å². The number of phenols is 1. The number of aliphatic hydroxyl groups is 2. The van der Waals surface area contributed by atoms with Crippen molar-refractivity contribution in [2.24, 2.45) is 0 Å². The van der Waals surface area contributed by atoms with Crippen molar-refractivity contribution < 1.29 is 20.1 Å². The SMILES string of the molecule is O=C1N(Cc2cccc(O)c2)[C@H](Cc2ccccc2)[C@H](O)[C@@H](O)[C@@H](Cc2ccccc2)N1Cc1ccc2ccccc2c1. The molecule has 1 fully saturated rings. The van der Waals surface area contributed by atoms with E-state index in [1.807, 2.05) is 97.1 Å². The summed E-state index contributed by atoms with van der Waals surface area (Å²) >= 11 is 0. The molecule has 3 N–H and O–H groups in total. The average molecular weight is 573 g/mol. The van der Waals surface area contributed by atoms with Crippen molar-refractivity contribution >= 4 is 16.8 Å². The highest BCUT2D eigenvalue weighted by atomic mass is 16.3. The highest BCUT2D eigenvalue weighted by Crippen LogP contribution is 2.31. The molecule has 1 aliphatic rings. The molecule has 6 rings (SSSR count). The number of benzene rings is 5. The molecule has 1 saturated heterocycles. The van der Waals surface area contributed by atoms with E-state index in [-0.39, 0.29) is 24.9 Å². The van der Waals surface area contributed by atoms with Gasteiger partial charge in [-0.15, -0.1) is 0 Å². The quantitative estimate of drug-likeness (QED) is 0.215. The van der Waals surface area contributed by atoms with Gasteiger partial charge in [0.2, 0.25) is 0 Å². The van der Waals surface area contributed by atoms with E-state index in [0.717, 1.165) is 33.0 Å². The first-order valence-corrected chi connectivity index (χ1v) is 14.7. The maximum atomic E-state index is 14.8. The number of fused-ring (bicyclic) bond motifs is 1. The van der Waals surface area contributed by atoms with E-state index >= 15 is 0 Å². The number of urea groups is 1. The molecule has 2 amide bonds. The molecular weight excluding hydrogens is 536 g/mol. The lowest BCUT2D eigenvalue weighted by atomic mass is 9.91. The molecule has 0 unspecified atom stereocenters. The Morgan fingerprint density at radius 3 is 1.56 bits per heavy atom. The number of hydrogen-bond donors (Lipinski definition) is 3. The summed E-state index contributed by atoms with van der Waals surface area (Å²) in [5.74, 6) is 0.106. The second kappa shape index (κ2) is 12.7. The largest absolute Gasteiger partial charge is 0.508 e. The third-order valence-corrected chi connectivity index (χ3v) is 8.44. The predicted octanol–water partition coefficient (Wildman–Crippen LogP) is 5.93. The summed E-state index contributed by atoms with van der Waals surface area (Å²) in [7, 11) is 0. The third-order valence-electron chi connectivity index (χ3n) is 8.44. The van der Waals surface area contributed by atoms with Crippen LogP contribution < -0.4 is 0 Å². The summed E-state index contributed by atoms with van der Waals surface area (Å²) in [6.45, 7) is 0.431. The molecule has 5 aromatic rings. The first-order chi connectivity index (χ1) is 21.0. The van der Waals surface area contributed by atoms with Gasteiger partial charge >= 0.3 is 6.03 Å². The van der Waals surface area contributed by atoms with E-state index in [1.165, 1.54) is 0 Å². The van der Waals surface area contributed by atoms with Crippen LogP contribution in [0.5, 0.6) is 5.75 Å². The molecule has 1 heterocycles. The van der Waals surface area contributed by atoms with Crippen LogP contribution >= 0.6 is 0 Å². The van der Waals surface area contributed by atoms with Gasteiger partial charge < -0.3 is 25.1 Å². The molecule has 0 radical (unpaired) electrons. The number of amides is 2. The lowest BCUT2D eigenvalue weighted by Gasteiger charge is -2.36. The Balaban J connectivity index is 1.44. The maximum Gasteiger partial charge on any atom is 0.321 e. The van der Waals surface area contributed by atoms with Crippen LogP contribution in [-0.2, 0) is 25.9 Å². The van der Waals surface area contributed by atoms with E-state index < -0.39 is 24.3 Å². The van der Waals surface area contributed by atoms with Gasteiger partial charge in [-0.3, -0.25) is 0 Å². The van der Waals surface area contributed by atoms with E-state index in [4.69, 9.17) is 0 Å². The lowest BCUT2D eigenvalue weighted by Crippen LogP contribution is -2.50. The zero-order chi connectivity index (χ0) is 29.8. The van der Waals surface area contributed by atoms with Crippen LogP contribution in [-0.4, -0.2) is 55.4 Å². The molecule has 0 aromatic heterocycles. The van der Waals surface area contributed by atoms with Crippen LogP contribution in [0.2, 0.25) is 0 Å². The number of carbonyl (C=O) groups is 1. The average Bonchev–Trinajstić information content (AvgIpc) is 3.09. The summed E-state index contributed by atoms with van der Waals surface area (Å²) in [5, 5.41) is 36.1. The van der Waals surface area contributed by atoms with Crippen LogP contribution in [0.3, 0.4) is 0 Å². The van der Waals surface area contributed by atoms with Crippen LogP contribution in [0.4, 0.5) is 4.79 Å². The van der Waals surface area contributed by atoms with Crippen molar-refractivity contribution in [3.63, 3.8) is 0 Å². The summed E-state index contributed by atoms with van der Waals surface area (Å²) in [6.07, 6.45) is -1.66. The van der Waals surface area contributed by atoms with Crippen molar-refractivity contribution in [3.8, 4) is 5.75 Å². The maximum absolute atomic E-state index is 14.8. The number of phenolic OH excluding ortho intramolecular Hbond substituents is 1. The molecule has 4 atom stereocenters. The molecule has 0 bridgehead atoms. The van der Waals surface area contributed by atoms with Gasteiger partial charge in [0.05, 0.1) is 12.1 Å². The topological polar surface area (TPSA) is 84.2 Å². The van der Waals surface area contributed by atoms with Gasteiger partial charge in [0.1, 0.15) is 18.0 Å². The van der Waals surface area contributed by atoms with E-state index in [1.54, 1.807) is 28.0 Å². The first-order valence-electron chi connectivity index (χ1n) is 14.7. The molecule has 0 aliphatic carbocycles. The van der Waals surface area contributed by atoms with Gasteiger partial charge in [-0.1, -0.05) is 109 Å². The Morgan fingerprint density at radius 1 is 0.512 bits per heavy atom. The van der Waals surface area contributed by atoms with Crippen LogP contribution in [0, 0.1) is 0 Å². The second-order valence-corrected chi connectivity index (χ2v) is 11.4. The molecule has 6 nitrogen and oxygen atoms in total. The monoisotopic (exact) mass is 572 g/mol. The smallest absolute Gasteiger partial charge is 0.321 e. The first kappa shape index (κ1) is 28.5. The Hall–Kier alpha value is -4.65. The van der Waals surface area contributed by atoms with Crippen molar-refractivity contribution in [1.82, 2.24) is 9.80 Å². The van der Waals surface area contributed by atoms with E-state index in [0.29, 0.717) is 12.8 Å². The molecule has 6 heteroatoms. The van der Waals surface area contributed by atoms with Crippen molar-refractivity contribution in [2.75, 3.05) is 0 Å². The molecule has 0 saturated carbocycles. The van der Waals surface area contributed by atoms with Gasteiger partial charge in [0, 0.05) is 13.1 Å². The van der Waals surface area contributed by atoms with E-state index in [9.17, 15) is 20.1 Å². The third kappa shape index (κ3) is 6.41. The number of carbonyl (C=O) groups excluding carboxylic acids is 1. The zero-order valence-electron chi connectivity index (χ0n) is 23.9. The second-order valence-electron chi connectivity index (χ2n) is 11.4. The predicted molar refractivity (Wildman–Crippen MR) is 168 cm³/mol. The van der Waals surface area contributed by atoms with Crippen LogP contribution in [0.15, 0.2) is 127 Å². The number of rotatable bonds is 8. The number of aromatic hydroxyl groups is 1. The molecular formula is C37H36N2O4. The number of nitrogens with zero attached hydrogens (tertiary/aromatic N) is 2. The van der Waals surface area contributed by atoms with Crippen molar-refractivity contribution in [1.29, 1.82) is 0 Å². The highest BCUT2D eigenvalue weighted by molar-refractivity contribution is 5.83. The van der Waals surface area contributed by atoms with Crippen LogP contribution in [0.1, 0.15) is 22.3 Å². The fraction of sp³-hybridized carbons (Fsp3) is 0.216. The minimum absolute atomic E-state index is 0.106. The summed E-state index contributed by atoms with van der Waals surface area (Å²) in [5.41, 5.74) is 3.59. The van der Waals surface area contributed by atoms with Gasteiger partial charge in [-0.25, -0.2) is 4.79 Å². The molecule has 1 aliphatic heterocycles. The Labute approximate surface area is 252 Å². The molecule has 0 spiro atoms. The van der Waals surface area contributed by atoms with Crippen LogP contribution in [0.25, 0.3) is 10.8 Å². The van der Waals surface area contributed by atoms with Gasteiger partial charge in [-0.2, -0.15) is 0 Å². The van der Waals surface area contributed by atoms with Crippen molar-refractivity contribution in [3.05, 3.63) is 150 Å². The molecule has 218 valence electrons. The number of aliphatic hydroxyl groups excluding tert-OH is 2. The minimum Gasteiger partial charge on any atom is -0.508 e. The zero-order valence-corrected chi connectivity index (χ0v) is 23.9. The fourth-order valence-electron chi connectivity index (χ4n) is 6.20. The standard InChI is InChI=1S/C37H36N2O4/c40-32-17-9-14-28(21-32)24-38-33(22-26-10-3-1-4-11-26)35(41)36(42)34(23-27-12-5-2-6-13-27)39(37(38)43)25-29-18-19-30-15-7-8-16-31(30)20-29/h1-21,33-36,40-42H,22-25H2/t33-,34-,35+,36+/m1/s1.